The Hall–Kier alpha value is -0.0800. The molecule has 0 saturated carbocycles. The van der Waals surface area contributed by atoms with Crippen LogP contribution in [0.3, 0.4) is 0 Å². The molecule has 86 valence electrons. The number of hydrogen-bond acceptors (Lipinski definition) is 2. The summed E-state index contributed by atoms with van der Waals surface area (Å²) in [6.07, 6.45) is 3.69. The van der Waals surface area contributed by atoms with Gasteiger partial charge in [-0.3, -0.25) is 0 Å². The zero-order valence-corrected chi connectivity index (χ0v) is 10.1. The summed E-state index contributed by atoms with van der Waals surface area (Å²) < 4.78 is 0. The molecule has 14 heavy (non-hydrogen) atoms. The van der Waals surface area contributed by atoms with Gasteiger partial charge in [-0.25, -0.2) is 0 Å². The van der Waals surface area contributed by atoms with Gasteiger partial charge in [-0.1, -0.05) is 40.5 Å². The van der Waals surface area contributed by atoms with Crippen molar-refractivity contribution in [3.8, 4) is 0 Å². The quantitative estimate of drug-likeness (QED) is 0.695. The van der Waals surface area contributed by atoms with Crippen LogP contribution in [0.4, 0.5) is 0 Å². The highest BCUT2D eigenvalue weighted by Gasteiger charge is 2.21. The molecule has 0 amide bonds. The largest absolute Gasteiger partial charge is 0.396 e. The zero-order valence-electron chi connectivity index (χ0n) is 10.1. The first kappa shape index (κ1) is 13.9. The Balaban J connectivity index is 3.63. The number of rotatable bonds is 6. The normalized spacial score (nSPS) is 16.7. The van der Waals surface area contributed by atoms with Crippen LogP contribution in [-0.4, -0.2) is 22.9 Å². The first-order chi connectivity index (χ1) is 6.41. The number of hydrogen-bond donors (Lipinski definition) is 2. The van der Waals surface area contributed by atoms with Gasteiger partial charge in [0.15, 0.2) is 0 Å². The summed E-state index contributed by atoms with van der Waals surface area (Å²) in [7, 11) is 0. The Labute approximate surface area is 88.3 Å². The van der Waals surface area contributed by atoms with Crippen LogP contribution in [0.25, 0.3) is 0 Å². The molecule has 2 nitrogen and oxygen atoms in total. The van der Waals surface area contributed by atoms with Crippen molar-refractivity contribution in [3.63, 3.8) is 0 Å². The van der Waals surface area contributed by atoms with E-state index in [1.807, 2.05) is 0 Å². The van der Waals surface area contributed by atoms with Crippen molar-refractivity contribution in [2.45, 2.75) is 59.5 Å². The molecule has 2 N–H and O–H groups in total. The molecular weight excluding hydrogens is 176 g/mol. The minimum atomic E-state index is -0.223. The number of aliphatic hydroxyl groups excluding tert-OH is 2. The van der Waals surface area contributed by atoms with Gasteiger partial charge in [0.05, 0.1) is 6.10 Å². The van der Waals surface area contributed by atoms with E-state index in [1.54, 1.807) is 0 Å². The van der Waals surface area contributed by atoms with Crippen molar-refractivity contribution < 1.29 is 10.2 Å². The lowest BCUT2D eigenvalue weighted by Crippen LogP contribution is -2.25. The van der Waals surface area contributed by atoms with Crippen LogP contribution in [0.15, 0.2) is 0 Å². The predicted molar refractivity (Wildman–Crippen MR) is 60.2 cm³/mol. The molecule has 0 aliphatic rings. The second-order valence-corrected chi connectivity index (χ2v) is 5.27. The summed E-state index contributed by atoms with van der Waals surface area (Å²) in [5, 5.41) is 18.8. The van der Waals surface area contributed by atoms with Crippen LogP contribution < -0.4 is 0 Å². The molecule has 0 aliphatic carbocycles. The first-order valence-corrected chi connectivity index (χ1v) is 5.70. The first-order valence-electron chi connectivity index (χ1n) is 5.70. The molecule has 2 atom stereocenters. The van der Waals surface area contributed by atoms with Crippen LogP contribution in [-0.2, 0) is 0 Å². The maximum Gasteiger partial charge on any atom is 0.0588 e. The molecule has 0 aromatic rings. The third-order valence-corrected chi connectivity index (χ3v) is 2.93. The second-order valence-electron chi connectivity index (χ2n) is 5.27. The molecule has 0 bridgehead atoms. The fourth-order valence-electron chi connectivity index (χ4n) is 1.46. The maximum absolute atomic E-state index is 9.78. The lowest BCUT2D eigenvalue weighted by molar-refractivity contribution is 0.0514. The van der Waals surface area contributed by atoms with Crippen molar-refractivity contribution in [2.75, 3.05) is 6.61 Å². The van der Waals surface area contributed by atoms with E-state index < -0.39 is 0 Å². The van der Waals surface area contributed by atoms with Gasteiger partial charge >= 0.3 is 0 Å². The van der Waals surface area contributed by atoms with Crippen molar-refractivity contribution in [1.29, 1.82) is 0 Å². The smallest absolute Gasteiger partial charge is 0.0588 e. The van der Waals surface area contributed by atoms with Gasteiger partial charge in [0.2, 0.25) is 0 Å². The Kier molecular flexibility index (Phi) is 6.38. The average molecular weight is 202 g/mol. The molecule has 0 spiro atoms. The minimum absolute atomic E-state index is 0.0130. The van der Waals surface area contributed by atoms with E-state index in [0.717, 1.165) is 25.7 Å². The third-order valence-electron chi connectivity index (χ3n) is 2.93. The van der Waals surface area contributed by atoms with Crippen molar-refractivity contribution in [2.24, 2.45) is 11.3 Å². The van der Waals surface area contributed by atoms with Gasteiger partial charge in [0, 0.05) is 6.61 Å². The van der Waals surface area contributed by atoms with Gasteiger partial charge in [0.1, 0.15) is 0 Å². The summed E-state index contributed by atoms with van der Waals surface area (Å²) >= 11 is 0. The summed E-state index contributed by atoms with van der Waals surface area (Å²) in [4.78, 5) is 0. The fraction of sp³-hybridized carbons (Fsp3) is 1.00. The molecule has 0 fully saturated rings. The lowest BCUT2D eigenvalue weighted by atomic mass is 9.85. The van der Waals surface area contributed by atoms with E-state index in [4.69, 9.17) is 5.11 Å². The molecule has 0 aromatic carbocycles. The molecule has 0 radical (unpaired) electrons. The second kappa shape index (κ2) is 6.41. The summed E-state index contributed by atoms with van der Waals surface area (Å²) in [5.41, 5.74) is -0.0130. The van der Waals surface area contributed by atoms with Crippen LogP contribution in [0.1, 0.15) is 53.4 Å². The monoisotopic (exact) mass is 202 g/mol. The van der Waals surface area contributed by atoms with Crippen LogP contribution in [0.2, 0.25) is 0 Å². The van der Waals surface area contributed by atoms with E-state index >= 15 is 0 Å². The van der Waals surface area contributed by atoms with E-state index in [-0.39, 0.29) is 18.1 Å². The zero-order chi connectivity index (χ0) is 11.2. The van der Waals surface area contributed by atoms with Gasteiger partial charge in [-0.05, 0) is 24.2 Å². The highest BCUT2D eigenvalue weighted by atomic mass is 16.3. The van der Waals surface area contributed by atoms with Crippen LogP contribution in [0, 0.1) is 11.3 Å². The Morgan fingerprint density at radius 2 is 1.71 bits per heavy atom. The topological polar surface area (TPSA) is 40.5 Å². The third kappa shape index (κ3) is 5.61. The Morgan fingerprint density at radius 3 is 2.07 bits per heavy atom. The fourth-order valence-corrected chi connectivity index (χ4v) is 1.46. The molecule has 2 heteroatoms. The van der Waals surface area contributed by atoms with Crippen molar-refractivity contribution >= 4 is 0 Å². The minimum Gasteiger partial charge on any atom is -0.396 e. The van der Waals surface area contributed by atoms with Crippen molar-refractivity contribution in [1.82, 2.24) is 0 Å². The highest BCUT2D eigenvalue weighted by molar-refractivity contribution is 4.72. The van der Waals surface area contributed by atoms with Crippen molar-refractivity contribution in [3.05, 3.63) is 0 Å². The molecule has 0 rings (SSSR count). The van der Waals surface area contributed by atoms with Crippen LogP contribution >= 0.6 is 0 Å². The van der Waals surface area contributed by atoms with E-state index in [1.165, 1.54) is 0 Å². The molecule has 0 saturated heterocycles. The Bertz CT molecular complexity index is 134. The van der Waals surface area contributed by atoms with E-state index in [9.17, 15) is 5.11 Å². The Morgan fingerprint density at radius 1 is 1.14 bits per heavy atom. The average Bonchev–Trinajstić information content (AvgIpc) is 2.10. The lowest BCUT2D eigenvalue weighted by Gasteiger charge is -2.26. The number of aliphatic hydroxyl groups is 2. The summed E-state index contributed by atoms with van der Waals surface area (Å²) in [6.45, 7) is 8.55. The summed E-state index contributed by atoms with van der Waals surface area (Å²) in [6, 6.07) is 0. The molecule has 2 unspecified atom stereocenters. The standard InChI is InChI=1S/C12H26O2/c1-5-10(9-13)7-6-8-11(14)12(2,3)4/h10-11,13-14H,5-9H2,1-4H3. The van der Waals surface area contributed by atoms with Crippen LogP contribution in [0.5, 0.6) is 0 Å². The summed E-state index contributed by atoms with van der Waals surface area (Å²) in [5.74, 6) is 0.419. The molecular formula is C12H26O2. The molecule has 0 heterocycles. The maximum atomic E-state index is 9.78. The van der Waals surface area contributed by atoms with Gasteiger partial charge in [-0.15, -0.1) is 0 Å². The van der Waals surface area contributed by atoms with Gasteiger partial charge in [-0.2, -0.15) is 0 Å². The highest BCUT2D eigenvalue weighted by Crippen LogP contribution is 2.24. The SMILES string of the molecule is CCC(CO)CCCC(O)C(C)(C)C. The van der Waals surface area contributed by atoms with E-state index in [2.05, 4.69) is 27.7 Å². The molecule has 0 aliphatic heterocycles. The molecule has 0 aromatic heterocycles. The van der Waals surface area contributed by atoms with Gasteiger partial charge < -0.3 is 10.2 Å². The van der Waals surface area contributed by atoms with E-state index in [0.29, 0.717) is 5.92 Å². The van der Waals surface area contributed by atoms with Gasteiger partial charge in [0.25, 0.3) is 0 Å². The predicted octanol–water partition coefficient (Wildman–Crippen LogP) is 2.58.